The molecule has 0 heterocycles. The average Bonchev–Trinajstić information content (AvgIpc) is 3.21. The van der Waals surface area contributed by atoms with E-state index in [0.717, 1.165) is 18.0 Å². The van der Waals surface area contributed by atoms with E-state index in [-0.39, 0.29) is 5.69 Å². The van der Waals surface area contributed by atoms with Crippen molar-refractivity contribution in [3.8, 4) is 5.75 Å². The molecule has 0 amide bonds. The highest BCUT2D eigenvalue weighted by molar-refractivity contribution is 5.48. The number of nitro groups is 1. The normalized spacial score (nSPS) is 16.4. The van der Waals surface area contributed by atoms with E-state index >= 15 is 0 Å². The van der Waals surface area contributed by atoms with Gasteiger partial charge in [-0.25, -0.2) is 0 Å². The molecule has 1 aromatic rings. The quantitative estimate of drug-likeness (QED) is 0.585. The van der Waals surface area contributed by atoms with E-state index in [9.17, 15) is 10.1 Å². The minimum Gasteiger partial charge on any atom is -0.490 e. The molecule has 5 heteroatoms. The molecule has 0 bridgehead atoms. The SMILES string of the molecule is COc1ccc(CN(C)C(C)C2CC2)cc1[N+](=O)[O-]. The topological polar surface area (TPSA) is 55.6 Å². The molecule has 19 heavy (non-hydrogen) atoms. The Morgan fingerprint density at radius 2 is 2.21 bits per heavy atom. The molecule has 0 aromatic heterocycles. The van der Waals surface area contributed by atoms with Crippen LogP contribution < -0.4 is 4.74 Å². The van der Waals surface area contributed by atoms with Gasteiger partial charge in [0.25, 0.3) is 0 Å². The lowest BCUT2D eigenvalue weighted by Crippen LogP contribution is -2.30. The van der Waals surface area contributed by atoms with E-state index in [4.69, 9.17) is 4.74 Å². The smallest absolute Gasteiger partial charge is 0.311 e. The van der Waals surface area contributed by atoms with Crippen LogP contribution in [0.1, 0.15) is 25.3 Å². The van der Waals surface area contributed by atoms with Crippen molar-refractivity contribution in [2.75, 3.05) is 14.2 Å². The number of hydrogen-bond acceptors (Lipinski definition) is 4. The van der Waals surface area contributed by atoms with Crippen LogP contribution in [0, 0.1) is 16.0 Å². The molecule has 5 nitrogen and oxygen atoms in total. The van der Waals surface area contributed by atoms with Crippen LogP contribution in [0.3, 0.4) is 0 Å². The van der Waals surface area contributed by atoms with Crippen LogP contribution in [0.2, 0.25) is 0 Å². The molecule has 1 saturated carbocycles. The Morgan fingerprint density at radius 3 is 2.74 bits per heavy atom. The summed E-state index contributed by atoms with van der Waals surface area (Å²) < 4.78 is 5.01. The zero-order valence-corrected chi connectivity index (χ0v) is 11.6. The molecule has 1 aliphatic carbocycles. The van der Waals surface area contributed by atoms with E-state index in [1.165, 1.54) is 20.0 Å². The summed E-state index contributed by atoms with van der Waals surface area (Å²) in [7, 11) is 3.52. The van der Waals surface area contributed by atoms with Crippen molar-refractivity contribution >= 4 is 5.69 Å². The summed E-state index contributed by atoms with van der Waals surface area (Å²) in [4.78, 5) is 12.8. The van der Waals surface area contributed by atoms with Crippen LogP contribution in [0.15, 0.2) is 18.2 Å². The molecule has 1 atom stereocenters. The Kier molecular flexibility index (Phi) is 4.04. The first-order valence-corrected chi connectivity index (χ1v) is 6.54. The van der Waals surface area contributed by atoms with E-state index in [1.807, 2.05) is 6.07 Å². The number of benzene rings is 1. The van der Waals surface area contributed by atoms with Crippen LogP contribution in [0.5, 0.6) is 5.75 Å². The fourth-order valence-electron chi connectivity index (χ4n) is 2.35. The van der Waals surface area contributed by atoms with Crippen LogP contribution in [-0.2, 0) is 6.54 Å². The molecule has 0 N–H and O–H groups in total. The first-order valence-electron chi connectivity index (χ1n) is 6.54. The van der Waals surface area contributed by atoms with Crippen molar-refractivity contribution in [3.63, 3.8) is 0 Å². The van der Waals surface area contributed by atoms with E-state index in [2.05, 4.69) is 18.9 Å². The van der Waals surface area contributed by atoms with Crippen molar-refractivity contribution in [2.24, 2.45) is 5.92 Å². The third-order valence-electron chi connectivity index (χ3n) is 3.87. The lowest BCUT2D eigenvalue weighted by atomic mass is 10.1. The molecular weight excluding hydrogens is 244 g/mol. The van der Waals surface area contributed by atoms with Gasteiger partial charge in [-0.05, 0) is 44.4 Å². The van der Waals surface area contributed by atoms with Crippen molar-refractivity contribution in [1.82, 2.24) is 4.90 Å². The monoisotopic (exact) mass is 264 g/mol. The average molecular weight is 264 g/mol. The van der Waals surface area contributed by atoms with Crippen molar-refractivity contribution in [2.45, 2.75) is 32.4 Å². The molecule has 1 fully saturated rings. The Bertz CT molecular complexity index is 472. The largest absolute Gasteiger partial charge is 0.490 e. The number of nitrogens with zero attached hydrogens (tertiary/aromatic N) is 2. The van der Waals surface area contributed by atoms with Crippen molar-refractivity contribution in [3.05, 3.63) is 33.9 Å². The van der Waals surface area contributed by atoms with E-state index in [0.29, 0.717) is 11.8 Å². The molecule has 1 aliphatic rings. The number of nitro benzene ring substituents is 1. The fourth-order valence-corrected chi connectivity index (χ4v) is 2.35. The van der Waals surface area contributed by atoms with Gasteiger partial charge in [0.1, 0.15) is 0 Å². The molecule has 2 rings (SSSR count). The molecule has 0 spiro atoms. The Hall–Kier alpha value is -1.62. The summed E-state index contributed by atoms with van der Waals surface area (Å²) in [5.41, 5.74) is 0.981. The third-order valence-corrected chi connectivity index (χ3v) is 3.87. The zero-order chi connectivity index (χ0) is 14.0. The van der Waals surface area contributed by atoms with E-state index < -0.39 is 4.92 Å². The van der Waals surface area contributed by atoms with Crippen LogP contribution >= 0.6 is 0 Å². The molecule has 0 saturated heterocycles. The summed E-state index contributed by atoms with van der Waals surface area (Å²) in [6, 6.07) is 5.70. The number of hydrogen-bond donors (Lipinski definition) is 0. The fraction of sp³-hybridized carbons (Fsp3) is 0.571. The van der Waals surface area contributed by atoms with Gasteiger partial charge < -0.3 is 4.74 Å². The van der Waals surface area contributed by atoms with Crippen molar-refractivity contribution < 1.29 is 9.66 Å². The van der Waals surface area contributed by atoms with Crippen LogP contribution in [0.25, 0.3) is 0 Å². The Balaban J connectivity index is 2.11. The standard InChI is InChI=1S/C14H20N2O3/c1-10(12-5-6-12)15(2)9-11-4-7-14(19-3)13(8-11)16(17)18/h4,7-8,10,12H,5-6,9H2,1-3H3. The highest BCUT2D eigenvalue weighted by Gasteiger charge is 2.30. The summed E-state index contributed by atoms with van der Waals surface area (Å²) in [5.74, 6) is 1.10. The maximum atomic E-state index is 11.0. The third kappa shape index (κ3) is 3.23. The molecule has 104 valence electrons. The summed E-state index contributed by atoms with van der Waals surface area (Å²) >= 11 is 0. The predicted octanol–water partition coefficient (Wildman–Crippen LogP) is 2.83. The molecule has 1 aromatic carbocycles. The number of methoxy groups -OCH3 is 1. The maximum Gasteiger partial charge on any atom is 0.311 e. The predicted molar refractivity (Wildman–Crippen MR) is 73.3 cm³/mol. The van der Waals surface area contributed by atoms with Crippen molar-refractivity contribution in [1.29, 1.82) is 0 Å². The summed E-state index contributed by atoms with van der Waals surface area (Å²) in [6.07, 6.45) is 2.60. The zero-order valence-electron chi connectivity index (χ0n) is 11.6. The lowest BCUT2D eigenvalue weighted by molar-refractivity contribution is -0.385. The number of rotatable bonds is 6. The van der Waals surface area contributed by atoms with Crippen LogP contribution in [0.4, 0.5) is 5.69 Å². The van der Waals surface area contributed by atoms with Crippen LogP contribution in [-0.4, -0.2) is 30.0 Å². The maximum absolute atomic E-state index is 11.0. The minimum atomic E-state index is -0.396. The molecular formula is C14H20N2O3. The highest BCUT2D eigenvalue weighted by atomic mass is 16.6. The minimum absolute atomic E-state index is 0.0347. The van der Waals surface area contributed by atoms with E-state index in [1.54, 1.807) is 12.1 Å². The lowest BCUT2D eigenvalue weighted by Gasteiger charge is -2.24. The first kappa shape index (κ1) is 13.8. The highest BCUT2D eigenvalue weighted by Crippen LogP contribution is 2.35. The van der Waals surface area contributed by atoms with Gasteiger partial charge in [0.05, 0.1) is 12.0 Å². The summed E-state index contributed by atoms with van der Waals surface area (Å²) in [5, 5.41) is 11.0. The second-order valence-corrected chi connectivity index (χ2v) is 5.26. The molecule has 1 unspecified atom stereocenters. The van der Waals surface area contributed by atoms with Gasteiger partial charge in [0.2, 0.25) is 0 Å². The van der Waals surface area contributed by atoms with Gasteiger partial charge in [-0.1, -0.05) is 6.07 Å². The Morgan fingerprint density at radius 1 is 1.53 bits per heavy atom. The Labute approximate surface area is 113 Å². The first-order chi connectivity index (χ1) is 9.02. The van der Waals surface area contributed by atoms with Gasteiger partial charge in [-0.15, -0.1) is 0 Å². The van der Waals surface area contributed by atoms with Gasteiger partial charge in [0, 0.05) is 18.7 Å². The van der Waals surface area contributed by atoms with Gasteiger partial charge >= 0.3 is 5.69 Å². The second-order valence-electron chi connectivity index (χ2n) is 5.26. The van der Waals surface area contributed by atoms with Gasteiger partial charge in [-0.3, -0.25) is 15.0 Å². The molecule has 0 aliphatic heterocycles. The van der Waals surface area contributed by atoms with Gasteiger partial charge in [0.15, 0.2) is 5.75 Å². The molecule has 0 radical (unpaired) electrons. The van der Waals surface area contributed by atoms with Gasteiger partial charge in [-0.2, -0.15) is 0 Å². The summed E-state index contributed by atoms with van der Waals surface area (Å²) in [6.45, 7) is 2.94. The second kappa shape index (κ2) is 5.57. The number of ether oxygens (including phenoxy) is 1.